The summed E-state index contributed by atoms with van der Waals surface area (Å²) in [6.45, 7) is 4.16. The van der Waals surface area contributed by atoms with E-state index < -0.39 is 0 Å². The first kappa shape index (κ1) is 13.8. The lowest BCUT2D eigenvalue weighted by atomic mass is 10.0. The summed E-state index contributed by atoms with van der Waals surface area (Å²) in [7, 11) is 0. The van der Waals surface area contributed by atoms with E-state index >= 15 is 0 Å². The summed E-state index contributed by atoms with van der Waals surface area (Å²) in [5.41, 5.74) is 4.48. The second-order valence-electron chi connectivity index (χ2n) is 5.06. The Morgan fingerprint density at radius 3 is 2.48 bits per heavy atom. The van der Waals surface area contributed by atoms with Gasteiger partial charge in [0.25, 0.3) is 0 Å². The predicted octanol–water partition coefficient (Wildman–Crippen LogP) is 4.29. The number of hydrogen-bond acceptors (Lipinski definition) is 2. The maximum absolute atomic E-state index is 6.03. The van der Waals surface area contributed by atoms with Crippen LogP contribution in [-0.2, 0) is 5.88 Å². The minimum Gasteiger partial charge on any atom is -0.278 e. The van der Waals surface area contributed by atoms with Crippen LogP contribution in [0.25, 0.3) is 17.1 Å². The Bertz CT molecular complexity index is 763. The van der Waals surface area contributed by atoms with E-state index in [0.29, 0.717) is 5.88 Å². The summed E-state index contributed by atoms with van der Waals surface area (Å²) in [5.74, 6) is 1.91. The van der Waals surface area contributed by atoms with Gasteiger partial charge in [0, 0.05) is 11.3 Å². The van der Waals surface area contributed by atoms with Gasteiger partial charge in [0.1, 0.15) is 0 Å². The van der Waals surface area contributed by atoms with E-state index in [1.54, 1.807) is 0 Å². The van der Waals surface area contributed by atoms with Gasteiger partial charge in [-0.2, -0.15) is 0 Å². The van der Waals surface area contributed by atoms with E-state index in [1.165, 1.54) is 11.1 Å². The molecule has 21 heavy (non-hydrogen) atoms. The van der Waals surface area contributed by atoms with Crippen molar-refractivity contribution in [3.05, 3.63) is 65.5 Å². The van der Waals surface area contributed by atoms with Crippen molar-refractivity contribution in [2.45, 2.75) is 19.7 Å². The van der Waals surface area contributed by atoms with Crippen LogP contribution >= 0.6 is 11.6 Å². The fourth-order valence-electron chi connectivity index (χ4n) is 2.40. The molecule has 3 aromatic rings. The summed E-state index contributed by atoms with van der Waals surface area (Å²) >= 11 is 6.03. The van der Waals surface area contributed by atoms with Crippen LogP contribution in [0.2, 0.25) is 0 Å². The molecule has 0 fully saturated rings. The average molecular weight is 298 g/mol. The molecule has 0 aliphatic heterocycles. The Kier molecular flexibility index (Phi) is 3.76. The molecule has 0 radical (unpaired) electrons. The molecule has 3 nitrogen and oxygen atoms in total. The quantitative estimate of drug-likeness (QED) is 0.675. The van der Waals surface area contributed by atoms with Crippen LogP contribution in [-0.4, -0.2) is 14.8 Å². The first-order valence-corrected chi connectivity index (χ1v) is 7.37. The van der Waals surface area contributed by atoms with Crippen LogP contribution in [0.1, 0.15) is 17.0 Å². The highest BCUT2D eigenvalue weighted by molar-refractivity contribution is 6.16. The summed E-state index contributed by atoms with van der Waals surface area (Å²) in [6.07, 6.45) is 0. The summed E-state index contributed by atoms with van der Waals surface area (Å²) in [5, 5.41) is 8.60. The first-order valence-electron chi connectivity index (χ1n) is 6.84. The maximum Gasteiger partial charge on any atom is 0.168 e. The Labute approximate surface area is 129 Å². The summed E-state index contributed by atoms with van der Waals surface area (Å²) in [4.78, 5) is 0. The lowest BCUT2D eigenvalue weighted by molar-refractivity contribution is 0.953. The number of aromatic nitrogens is 3. The Morgan fingerprint density at radius 1 is 1.00 bits per heavy atom. The lowest BCUT2D eigenvalue weighted by Crippen LogP contribution is -2.02. The molecule has 2 aromatic carbocycles. The number of para-hydroxylation sites is 1. The molecular formula is C17H16ClN3. The molecule has 0 atom stereocenters. The highest BCUT2D eigenvalue weighted by atomic mass is 35.5. The van der Waals surface area contributed by atoms with Crippen LogP contribution in [0, 0.1) is 13.8 Å². The van der Waals surface area contributed by atoms with E-state index in [2.05, 4.69) is 42.2 Å². The lowest BCUT2D eigenvalue weighted by Gasteiger charge is -2.11. The van der Waals surface area contributed by atoms with Gasteiger partial charge in [-0.05, 0) is 37.6 Å². The van der Waals surface area contributed by atoms with Crippen molar-refractivity contribution in [2.24, 2.45) is 0 Å². The summed E-state index contributed by atoms with van der Waals surface area (Å²) < 4.78 is 2.02. The van der Waals surface area contributed by atoms with Gasteiger partial charge >= 0.3 is 0 Å². The van der Waals surface area contributed by atoms with Crippen LogP contribution in [0.5, 0.6) is 0 Å². The normalized spacial score (nSPS) is 10.8. The SMILES string of the molecule is Cc1ccc(C)c(-c2nnc(CCl)n2-c2ccccc2)c1. The molecule has 0 bridgehead atoms. The fraction of sp³-hybridized carbons (Fsp3) is 0.176. The zero-order chi connectivity index (χ0) is 14.8. The number of halogens is 1. The van der Waals surface area contributed by atoms with Gasteiger partial charge in [0.15, 0.2) is 11.6 Å². The molecule has 4 heteroatoms. The number of alkyl halides is 1. The highest BCUT2D eigenvalue weighted by Crippen LogP contribution is 2.27. The second kappa shape index (κ2) is 5.70. The van der Waals surface area contributed by atoms with Gasteiger partial charge in [0.05, 0.1) is 5.88 Å². The van der Waals surface area contributed by atoms with Crippen molar-refractivity contribution in [3.8, 4) is 17.1 Å². The van der Waals surface area contributed by atoms with E-state index in [9.17, 15) is 0 Å². The zero-order valence-corrected chi connectivity index (χ0v) is 12.8. The zero-order valence-electron chi connectivity index (χ0n) is 12.0. The number of rotatable bonds is 3. The van der Waals surface area contributed by atoms with E-state index in [4.69, 9.17) is 11.6 Å². The molecule has 0 unspecified atom stereocenters. The van der Waals surface area contributed by atoms with Gasteiger partial charge in [0.2, 0.25) is 0 Å². The highest BCUT2D eigenvalue weighted by Gasteiger charge is 2.16. The molecule has 0 amide bonds. The van der Waals surface area contributed by atoms with E-state index in [-0.39, 0.29) is 0 Å². The van der Waals surface area contributed by atoms with E-state index in [0.717, 1.165) is 22.9 Å². The van der Waals surface area contributed by atoms with Crippen molar-refractivity contribution in [1.29, 1.82) is 0 Å². The molecule has 0 aliphatic carbocycles. The molecular weight excluding hydrogens is 282 g/mol. The standard InChI is InChI=1S/C17H16ClN3/c1-12-8-9-13(2)15(10-12)17-20-19-16(11-18)21(17)14-6-4-3-5-7-14/h3-10H,11H2,1-2H3. The van der Waals surface area contributed by atoms with E-state index in [1.807, 2.05) is 34.9 Å². The van der Waals surface area contributed by atoms with Crippen LogP contribution < -0.4 is 0 Å². The van der Waals surface area contributed by atoms with Crippen molar-refractivity contribution < 1.29 is 0 Å². The Balaban J connectivity index is 2.25. The minimum atomic E-state index is 0.326. The van der Waals surface area contributed by atoms with Gasteiger partial charge < -0.3 is 0 Å². The third-order valence-corrected chi connectivity index (χ3v) is 3.74. The molecule has 3 rings (SSSR count). The van der Waals surface area contributed by atoms with Gasteiger partial charge in [-0.25, -0.2) is 0 Å². The smallest absolute Gasteiger partial charge is 0.168 e. The van der Waals surface area contributed by atoms with Gasteiger partial charge in [-0.3, -0.25) is 4.57 Å². The molecule has 0 saturated carbocycles. The third kappa shape index (κ3) is 2.57. The third-order valence-electron chi connectivity index (χ3n) is 3.50. The number of hydrogen-bond donors (Lipinski definition) is 0. The molecule has 0 aliphatic rings. The molecule has 0 saturated heterocycles. The Morgan fingerprint density at radius 2 is 1.76 bits per heavy atom. The van der Waals surface area contributed by atoms with Crippen LogP contribution in [0.3, 0.4) is 0 Å². The number of benzene rings is 2. The molecule has 106 valence electrons. The topological polar surface area (TPSA) is 30.7 Å². The average Bonchev–Trinajstić information content (AvgIpc) is 2.94. The Hall–Kier alpha value is -2.13. The van der Waals surface area contributed by atoms with Gasteiger partial charge in [-0.1, -0.05) is 35.9 Å². The second-order valence-corrected chi connectivity index (χ2v) is 5.33. The monoisotopic (exact) mass is 297 g/mol. The largest absolute Gasteiger partial charge is 0.278 e. The minimum absolute atomic E-state index is 0.326. The first-order chi connectivity index (χ1) is 10.2. The fourth-order valence-corrected chi connectivity index (χ4v) is 2.58. The van der Waals surface area contributed by atoms with Crippen molar-refractivity contribution in [3.63, 3.8) is 0 Å². The van der Waals surface area contributed by atoms with Crippen molar-refractivity contribution in [1.82, 2.24) is 14.8 Å². The predicted molar refractivity (Wildman–Crippen MR) is 85.8 cm³/mol. The summed E-state index contributed by atoms with van der Waals surface area (Å²) in [6, 6.07) is 16.4. The molecule has 1 aromatic heterocycles. The molecule has 0 spiro atoms. The van der Waals surface area contributed by atoms with Crippen molar-refractivity contribution >= 4 is 11.6 Å². The molecule has 0 N–H and O–H groups in total. The number of nitrogens with zero attached hydrogens (tertiary/aromatic N) is 3. The van der Waals surface area contributed by atoms with Crippen molar-refractivity contribution in [2.75, 3.05) is 0 Å². The number of aryl methyl sites for hydroxylation is 2. The van der Waals surface area contributed by atoms with Crippen LogP contribution in [0.15, 0.2) is 48.5 Å². The van der Waals surface area contributed by atoms with Gasteiger partial charge in [-0.15, -0.1) is 21.8 Å². The van der Waals surface area contributed by atoms with Crippen LogP contribution in [0.4, 0.5) is 0 Å². The maximum atomic E-state index is 6.03. The molecule has 1 heterocycles.